The largest absolute Gasteiger partial charge is 0.351 e. The molecule has 20 heavy (non-hydrogen) atoms. The van der Waals surface area contributed by atoms with E-state index in [0.29, 0.717) is 5.56 Å². The minimum atomic E-state index is -3.78. The number of amides is 1. The number of rotatable bonds is 5. The van der Waals surface area contributed by atoms with Gasteiger partial charge < -0.3 is 5.32 Å². The van der Waals surface area contributed by atoms with Crippen molar-refractivity contribution >= 4 is 35.5 Å². The molecule has 0 radical (unpaired) electrons. The molecule has 0 fully saturated rings. The summed E-state index contributed by atoms with van der Waals surface area (Å²) in [7, 11) is -2.05. The second kappa shape index (κ2) is 6.11. The molecule has 0 aliphatic heterocycles. The first-order chi connectivity index (χ1) is 9.01. The fourth-order valence-corrected chi connectivity index (χ4v) is 2.54. The molecular formula is C11H14ClNO5S2. The molecule has 0 aliphatic rings. The number of benzene rings is 1. The van der Waals surface area contributed by atoms with Crippen molar-refractivity contribution in [2.45, 2.75) is 23.6 Å². The molecule has 1 atom stereocenters. The predicted molar refractivity (Wildman–Crippen MR) is 75.6 cm³/mol. The smallest absolute Gasteiger partial charge is 0.261 e. The van der Waals surface area contributed by atoms with Crippen LogP contribution in [0, 0.1) is 0 Å². The first kappa shape index (κ1) is 16.9. The van der Waals surface area contributed by atoms with Gasteiger partial charge in [-0.1, -0.05) is 12.1 Å². The lowest BCUT2D eigenvalue weighted by Gasteiger charge is -2.10. The van der Waals surface area contributed by atoms with Gasteiger partial charge in [-0.2, -0.15) is 0 Å². The zero-order valence-corrected chi connectivity index (χ0v) is 13.2. The van der Waals surface area contributed by atoms with Gasteiger partial charge in [0.25, 0.3) is 9.05 Å². The number of halogens is 1. The van der Waals surface area contributed by atoms with Crippen LogP contribution in [0.3, 0.4) is 0 Å². The van der Waals surface area contributed by atoms with Crippen LogP contribution in [0.25, 0.3) is 0 Å². The summed E-state index contributed by atoms with van der Waals surface area (Å²) in [6.45, 7) is 1.40. The van der Waals surface area contributed by atoms with Gasteiger partial charge in [0.15, 0.2) is 9.84 Å². The molecule has 6 nitrogen and oxygen atoms in total. The Hall–Kier alpha value is -1.12. The highest BCUT2D eigenvalue weighted by molar-refractivity contribution is 8.13. The summed E-state index contributed by atoms with van der Waals surface area (Å²) in [6.07, 6.45) is 0.984. The summed E-state index contributed by atoms with van der Waals surface area (Å²) < 4.78 is 44.5. The zero-order valence-electron chi connectivity index (χ0n) is 10.8. The molecule has 0 aromatic heterocycles. The minimum Gasteiger partial charge on any atom is -0.351 e. The Morgan fingerprint density at radius 3 is 2.10 bits per heavy atom. The van der Waals surface area contributed by atoms with Crippen LogP contribution in [0.4, 0.5) is 0 Å². The molecule has 1 aromatic carbocycles. The van der Waals surface area contributed by atoms with E-state index >= 15 is 0 Å². The van der Waals surface area contributed by atoms with Crippen LogP contribution in [0.5, 0.6) is 0 Å². The summed E-state index contributed by atoms with van der Waals surface area (Å²) >= 11 is 0. The molecule has 9 heteroatoms. The maximum absolute atomic E-state index is 11.6. The van der Waals surface area contributed by atoms with E-state index in [0.717, 1.165) is 6.26 Å². The first-order valence-electron chi connectivity index (χ1n) is 5.52. The van der Waals surface area contributed by atoms with Crippen molar-refractivity contribution in [1.82, 2.24) is 5.32 Å². The van der Waals surface area contributed by atoms with Crippen molar-refractivity contribution in [3.05, 3.63) is 29.8 Å². The Morgan fingerprint density at radius 2 is 1.70 bits per heavy atom. The van der Waals surface area contributed by atoms with Crippen LogP contribution in [-0.2, 0) is 30.2 Å². The van der Waals surface area contributed by atoms with Crippen molar-refractivity contribution in [1.29, 1.82) is 0 Å². The van der Waals surface area contributed by atoms with Crippen molar-refractivity contribution in [2.24, 2.45) is 0 Å². The van der Waals surface area contributed by atoms with Crippen LogP contribution >= 0.6 is 10.7 Å². The van der Waals surface area contributed by atoms with Gasteiger partial charge >= 0.3 is 0 Å². The predicted octanol–water partition coefficient (Wildman–Crippen LogP) is 0.663. The highest BCUT2D eigenvalue weighted by atomic mass is 35.7. The van der Waals surface area contributed by atoms with E-state index in [9.17, 15) is 21.6 Å². The molecule has 0 heterocycles. The van der Waals surface area contributed by atoms with Crippen LogP contribution in [0.2, 0.25) is 0 Å². The Morgan fingerprint density at radius 1 is 1.20 bits per heavy atom. The van der Waals surface area contributed by atoms with E-state index in [1.807, 2.05) is 0 Å². The fraction of sp³-hybridized carbons (Fsp3) is 0.364. The molecule has 0 spiro atoms. The van der Waals surface area contributed by atoms with Crippen molar-refractivity contribution in [3.8, 4) is 0 Å². The maximum atomic E-state index is 11.6. The van der Waals surface area contributed by atoms with Crippen molar-refractivity contribution in [2.75, 3.05) is 6.26 Å². The monoisotopic (exact) mass is 339 g/mol. The van der Waals surface area contributed by atoms with E-state index in [1.54, 1.807) is 0 Å². The SMILES string of the molecule is CC(C(=O)NCc1ccc(S(=O)(=O)Cl)cc1)S(C)(=O)=O. The van der Waals surface area contributed by atoms with Crippen LogP contribution < -0.4 is 5.32 Å². The summed E-state index contributed by atoms with van der Waals surface area (Å²) in [5, 5.41) is 1.33. The summed E-state index contributed by atoms with van der Waals surface area (Å²) in [5.74, 6) is -0.610. The average molecular weight is 340 g/mol. The summed E-state index contributed by atoms with van der Waals surface area (Å²) in [6, 6.07) is 5.59. The van der Waals surface area contributed by atoms with Gasteiger partial charge in [0.1, 0.15) is 5.25 Å². The Balaban J connectivity index is 2.70. The second-order valence-electron chi connectivity index (χ2n) is 4.27. The lowest BCUT2D eigenvalue weighted by atomic mass is 10.2. The Labute approximate surface area is 122 Å². The van der Waals surface area contributed by atoms with Gasteiger partial charge in [-0.3, -0.25) is 4.79 Å². The van der Waals surface area contributed by atoms with Crippen LogP contribution in [-0.4, -0.2) is 34.2 Å². The van der Waals surface area contributed by atoms with E-state index in [1.165, 1.54) is 31.2 Å². The van der Waals surface area contributed by atoms with E-state index in [2.05, 4.69) is 5.32 Å². The number of carbonyl (C=O) groups is 1. The summed E-state index contributed by atoms with van der Waals surface area (Å²) in [5.41, 5.74) is 0.628. The second-order valence-corrected chi connectivity index (χ2v) is 9.20. The maximum Gasteiger partial charge on any atom is 0.261 e. The molecule has 0 saturated carbocycles. The number of carbonyl (C=O) groups excluding carboxylic acids is 1. The van der Waals surface area contributed by atoms with Gasteiger partial charge in [0.2, 0.25) is 5.91 Å². The third-order valence-electron chi connectivity index (χ3n) is 2.68. The number of nitrogens with one attached hydrogen (secondary N) is 1. The molecule has 1 rings (SSSR count). The molecule has 1 aromatic rings. The Bertz CT molecular complexity index is 695. The molecule has 0 aliphatic carbocycles. The van der Waals surface area contributed by atoms with Crippen molar-refractivity contribution in [3.63, 3.8) is 0 Å². The topological polar surface area (TPSA) is 97.4 Å². The lowest BCUT2D eigenvalue weighted by Crippen LogP contribution is -2.36. The third-order valence-corrected chi connectivity index (χ3v) is 5.55. The number of hydrogen-bond donors (Lipinski definition) is 1. The normalized spacial score (nSPS) is 13.8. The molecule has 1 amide bonds. The fourth-order valence-electron chi connectivity index (χ4n) is 1.30. The third kappa shape index (κ3) is 4.77. The van der Waals surface area contributed by atoms with E-state index in [-0.39, 0.29) is 11.4 Å². The number of sulfone groups is 1. The van der Waals surface area contributed by atoms with E-state index in [4.69, 9.17) is 10.7 Å². The van der Waals surface area contributed by atoms with Gasteiger partial charge in [0, 0.05) is 23.5 Å². The quantitative estimate of drug-likeness (QED) is 0.795. The van der Waals surface area contributed by atoms with Gasteiger partial charge in [-0.15, -0.1) is 0 Å². The zero-order chi connectivity index (χ0) is 15.6. The van der Waals surface area contributed by atoms with Crippen LogP contribution in [0.1, 0.15) is 12.5 Å². The van der Waals surface area contributed by atoms with E-state index < -0.39 is 30.0 Å². The highest BCUT2D eigenvalue weighted by Gasteiger charge is 2.22. The molecule has 1 unspecified atom stereocenters. The molecule has 0 saturated heterocycles. The average Bonchev–Trinajstić information content (AvgIpc) is 2.33. The van der Waals surface area contributed by atoms with Gasteiger partial charge in [0.05, 0.1) is 4.90 Å². The van der Waals surface area contributed by atoms with Crippen LogP contribution in [0.15, 0.2) is 29.2 Å². The van der Waals surface area contributed by atoms with Crippen molar-refractivity contribution < 1.29 is 21.6 Å². The molecule has 112 valence electrons. The standard InChI is InChI=1S/C11H14ClNO5S2/c1-8(19(2,15)16)11(14)13-7-9-3-5-10(6-4-9)20(12,17)18/h3-6,8H,7H2,1-2H3,(H,13,14). The van der Waals surface area contributed by atoms with Gasteiger partial charge in [-0.05, 0) is 24.6 Å². The molecule has 0 bridgehead atoms. The lowest BCUT2D eigenvalue weighted by molar-refractivity contribution is -0.120. The summed E-state index contributed by atoms with van der Waals surface area (Å²) in [4.78, 5) is 11.5. The molecule has 1 N–H and O–H groups in total. The Kier molecular flexibility index (Phi) is 5.17. The first-order valence-corrected chi connectivity index (χ1v) is 9.78. The molecular weight excluding hydrogens is 326 g/mol. The highest BCUT2D eigenvalue weighted by Crippen LogP contribution is 2.15. The van der Waals surface area contributed by atoms with Gasteiger partial charge in [-0.25, -0.2) is 16.8 Å². The number of hydrogen-bond acceptors (Lipinski definition) is 5. The minimum absolute atomic E-state index is 0.0428.